The van der Waals surface area contributed by atoms with E-state index in [1.165, 1.54) is 25.1 Å². The van der Waals surface area contributed by atoms with Crippen molar-refractivity contribution < 1.29 is 34.8 Å². The molecule has 8 nitrogen and oxygen atoms in total. The Balaban J connectivity index is 1.94. The average Bonchev–Trinajstić information content (AvgIpc) is 3.09. The number of carboxylic acids is 1. The maximum Gasteiger partial charge on any atom is 0.327 e. The van der Waals surface area contributed by atoms with Crippen LogP contribution in [0.15, 0.2) is 35.9 Å². The van der Waals surface area contributed by atoms with Gasteiger partial charge in [0.2, 0.25) is 5.91 Å². The molecule has 1 unspecified atom stereocenters. The van der Waals surface area contributed by atoms with Crippen LogP contribution in [0.5, 0.6) is 11.5 Å². The second kappa shape index (κ2) is 8.32. The predicted molar refractivity (Wildman–Crippen MR) is 124 cm³/mol. The van der Waals surface area contributed by atoms with Gasteiger partial charge in [0.1, 0.15) is 23.3 Å². The van der Waals surface area contributed by atoms with E-state index in [4.69, 9.17) is 0 Å². The highest BCUT2D eigenvalue weighted by molar-refractivity contribution is 8.08. The fraction of sp³-hybridized carbons (Fsp3) is 0.208. The molecule has 0 saturated carbocycles. The van der Waals surface area contributed by atoms with E-state index in [2.05, 4.69) is 5.32 Å². The van der Waals surface area contributed by atoms with Gasteiger partial charge in [0.05, 0.1) is 5.56 Å². The molecule has 0 bridgehead atoms. The molecule has 0 heterocycles. The zero-order valence-electron chi connectivity index (χ0n) is 17.8. The van der Waals surface area contributed by atoms with E-state index >= 15 is 0 Å². The fourth-order valence-electron chi connectivity index (χ4n) is 4.13. The van der Waals surface area contributed by atoms with Crippen LogP contribution in [0.3, 0.4) is 0 Å². The molecule has 33 heavy (non-hydrogen) atoms. The SMILES string of the molecule is CCc1cc(O)c2c(c1)C(SCC(NC(C)=O)C(=O)O)=C1C(=O)c3c(O)cccc3C(O)=C12. The molecular formula is C24H21NO7S. The number of aryl methyl sites for hydroxylation is 1. The maximum atomic E-state index is 13.5. The molecule has 0 saturated heterocycles. The lowest BCUT2D eigenvalue weighted by atomic mass is 9.84. The summed E-state index contributed by atoms with van der Waals surface area (Å²) in [5.74, 6) is -3.06. The summed E-state index contributed by atoms with van der Waals surface area (Å²) < 4.78 is 0. The number of benzene rings is 2. The van der Waals surface area contributed by atoms with E-state index in [9.17, 15) is 34.8 Å². The van der Waals surface area contributed by atoms with Gasteiger partial charge in [-0.2, -0.15) is 0 Å². The number of aliphatic hydroxyl groups is 1. The van der Waals surface area contributed by atoms with Crippen LogP contribution in [0.4, 0.5) is 0 Å². The number of aliphatic hydroxyl groups excluding tert-OH is 1. The Kier molecular flexibility index (Phi) is 5.67. The minimum absolute atomic E-state index is 0.0634. The number of fused-ring (bicyclic) bond motifs is 4. The zero-order chi connectivity index (χ0) is 24.0. The highest BCUT2D eigenvalue weighted by atomic mass is 32.2. The quantitative estimate of drug-likeness (QED) is 0.435. The number of nitrogens with one attached hydrogen (secondary N) is 1. The number of aliphatic carboxylic acids is 1. The molecule has 1 atom stereocenters. The number of Topliss-reactive ketones (excluding diaryl/α,β-unsaturated/α-hetero) is 1. The zero-order valence-corrected chi connectivity index (χ0v) is 18.6. The van der Waals surface area contributed by atoms with Crippen molar-refractivity contribution in [3.63, 3.8) is 0 Å². The first-order valence-electron chi connectivity index (χ1n) is 10.2. The van der Waals surface area contributed by atoms with Crippen molar-refractivity contribution in [1.29, 1.82) is 0 Å². The van der Waals surface area contributed by atoms with Crippen molar-refractivity contribution in [2.75, 3.05) is 5.75 Å². The third-order valence-corrected chi connectivity index (χ3v) is 6.83. The number of hydrogen-bond donors (Lipinski definition) is 5. The lowest BCUT2D eigenvalue weighted by Gasteiger charge is -2.20. The molecule has 2 aromatic rings. The van der Waals surface area contributed by atoms with Crippen molar-refractivity contribution in [1.82, 2.24) is 5.32 Å². The van der Waals surface area contributed by atoms with Crippen molar-refractivity contribution >= 4 is 45.7 Å². The Morgan fingerprint density at radius 3 is 2.39 bits per heavy atom. The van der Waals surface area contributed by atoms with Crippen LogP contribution in [0.25, 0.3) is 16.2 Å². The molecule has 1 amide bonds. The van der Waals surface area contributed by atoms with Gasteiger partial charge >= 0.3 is 5.97 Å². The van der Waals surface area contributed by atoms with Gasteiger partial charge < -0.3 is 25.7 Å². The Hall–Kier alpha value is -3.72. The van der Waals surface area contributed by atoms with Crippen LogP contribution in [0.1, 0.15) is 46.5 Å². The first-order valence-corrected chi connectivity index (χ1v) is 11.2. The summed E-state index contributed by atoms with van der Waals surface area (Å²) in [5, 5.41) is 44.1. The summed E-state index contributed by atoms with van der Waals surface area (Å²) in [6, 6.07) is 6.48. The molecule has 0 aliphatic heterocycles. The number of carbonyl (C=O) groups is 3. The summed E-state index contributed by atoms with van der Waals surface area (Å²) in [7, 11) is 0. The summed E-state index contributed by atoms with van der Waals surface area (Å²) in [5.41, 5.74) is 1.85. The molecular weight excluding hydrogens is 446 g/mol. The first kappa shape index (κ1) is 22.5. The molecule has 4 rings (SSSR count). The third-order valence-electron chi connectivity index (χ3n) is 5.62. The number of phenols is 2. The molecule has 170 valence electrons. The molecule has 5 N–H and O–H groups in total. The van der Waals surface area contributed by atoms with Crippen LogP contribution < -0.4 is 5.32 Å². The molecule has 0 aromatic heterocycles. The predicted octanol–water partition coefficient (Wildman–Crippen LogP) is 3.33. The standard InChI is InChI=1S/C24H21NO7S/c1-3-11-7-13-17(16(28)8-11)19-20(23(13)33-9-14(24(31)32)25-10(2)26)22(30)18-12(21(19)29)5-4-6-15(18)27/h4-8,14,27-29H,3,9H2,1-2H3,(H,25,26)(H,31,32). The summed E-state index contributed by atoms with van der Waals surface area (Å²) in [6.45, 7) is 3.11. The van der Waals surface area contributed by atoms with E-state index in [0.29, 0.717) is 16.9 Å². The average molecular weight is 467 g/mol. The van der Waals surface area contributed by atoms with Crippen LogP contribution in [0.2, 0.25) is 0 Å². The Morgan fingerprint density at radius 2 is 1.76 bits per heavy atom. The smallest absolute Gasteiger partial charge is 0.327 e. The normalized spacial score (nSPS) is 15.2. The Bertz CT molecular complexity index is 1290. The summed E-state index contributed by atoms with van der Waals surface area (Å²) >= 11 is 1.03. The van der Waals surface area contributed by atoms with Crippen LogP contribution in [-0.2, 0) is 16.0 Å². The molecule has 0 radical (unpaired) electrons. The lowest BCUT2D eigenvalue weighted by Crippen LogP contribution is -2.41. The summed E-state index contributed by atoms with van der Waals surface area (Å²) in [6.07, 6.45) is 0.595. The van der Waals surface area contributed by atoms with Gasteiger partial charge in [0.25, 0.3) is 0 Å². The number of ketones is 1. The number of carboxylic acid groups (broad SMARTS) is 1. The van der Waals surface area contributed by atoms with Gasteiger partial charge in [-0.05, 0) is 30.2 Å². The number of aromatic hydroxyl groups is 2. The fourth-order valence-corrected chi connectivity index (χ4v) is 5.34. The van der Waals surface area contributed by atoms with Crippen molar-refractivity contribution in [2.24, 2.45) is 0 Å². The third kappa shape index (κ3) is 3.64. The van der Waals surface area contributed by atoms with Crippen molar-refractivity contribution in [3.8, 4) is 11.5 Å². The number of hydrogen-bond acceptors (Lipinski definition) is 7. The van der Waals surface area contributed by atoms with E-state index in [1.807, 2.05) is 6.92 Å². The van der Waals surface area contributed by atoms with Gasteiger partial charge in [-0.1, -0.05) is 19.1 Å². The number of rotatable bonds is 6. The van der Waals surface area contributed by atoms with Gasteiger partial charge in [-0.25, -0.2) is 4.79 Å². The molecule has 2 aromatic carbocycles. The van der Waals surface area contributed by atoms with E-state index < -0.39 is 23.7 Å². The number of allylic oxidation sites excluding steroid dienone is 2. The van der Waals surface area contributed by atoms with E-state index in [1.54, 1.807) is 12.1 Å². The number of phenolic OH excluding ortho intramolecular Hbond substituents is 2. The van der Waals surface area contributed by atoms with E-state index in [-0.39, 0.29) is 50.8 Å². The maximum absolute atomic E-state index is 13.5. The van der Waals surface area contributed by atoms with Gasteiger partial charge in [0, 0.05) is 45.4 Å². The van der Waals surface area contributed by atoms with Gasteiger partial charge in [-0.15, -0.1) is 11.8 Å². The minimum Gasteiger partial charge on any atom is -0.507 e. The molecule has 2 aliphatic rings. The highest BCUT2D eigenvalue weighted by Crippen LogP contribution is 2.56. The summed E-state index contributed by atoms with van der Waals surface area (Å²) in [4.78, 5) is 36.9. The monoisotopic (exact) mass is 467 g/mol. The molecule has 0 spiro atoms. The van der Waals surface area contributed by atoms with Gasteiger partial charge in [-0.3, -0.25) is 9.59 Å². The number of amides is 1. The topological polar surface area (TPSA) is 144 Å². The van der Waals surface area contributed by atoms with Crippen molar-refractivity contribution in [2.45, 2.75) is 26.3 Å². The minimum atomic E-state index is -1.23. The van der Waals surface area contributed by atoms with E-state index in [0.717, 1.165) is 17.3 Å². The second-order valence-corrected chi connectivity index (χ2v) is 8.78. The van der Waals surface area contributed by atoms with Crippen LogP contribution in [0, 0.1) is 0 Å². The van der Waals surface area contributed by atoms with Gasteiger partial charge in [0.15, 0.2) is 5.78 Å². The number of thioether (sulfide) groups is 1. The lowest BCUT2D eigenvalue weighted by molar-refractivity contribution is -0.140. The first-order chi connectivity index (χ1) is 15.6. The largest absolute Gasteiger partial charge is 0.507 e. The van der Waals surface area contributed by atoms with Crippen LogP contribution in [-0.4, -0.2) is 49.9 Å². The molecule has 0 fully saturated rings. The number of carbonyl (C=O) groups excluding carboxylic acids is 2. The van der Waals surface area contributed by atoms with Crippen LogP contribution >= 0.6 is 11.8 Å². The Labute approximate surface area is 193 Å². The highest BCUT2D eigenvalue weighted by Gasteiger charge is 2.42. The Morgan fingerprint density at radius 1 is 1.03 bits per heavy atom. The second-order valence-electron chi connectivity index (χ2n) is 7.75. The molecule has 2 aliphatic carbocycles. The van der Waals surface area contributed by atoms with Crippen molar-refractivity contribution in [3.05, 3.63) is 63.7 Å². The molecule has 9 heteroatoms.